The molecule has 0 N–H and O–H groups in total. The summed E-state index contributed by atoms with van der Waals surface area (Å²) < 4.78 is 13.9. The van der Waals surface area contributed by atoms with Gasteiger partial charge in [-0.1, -0.05) is 18.5 Å². The van der Waals surface area contributed by atoms with Crippen LogP contribution in [-0.4, -0.2) is 18.0 Å². The first-order chi connectivity index (χ1) is 8.06. The molecule has 1 saturated heterocycles. The Balaban J connectivity index is 2.10. The average molecular weight is 321 g/mol. The van der Waals surface area contributed by atoms with Gasteiger partial charge in [0.2, 0.25) is 0 Å². The first-order valence-corrected chi connectivity index (χ1v) is 7.09. The van der Waals surface area contributed by atoms with E-state index < -0.39 is 0 Å². The summed E-state index contributed by atoms with van der Waals surface area (Å²) in [7, 11) is 0. The minimum absolute atomic E-state index is 0.241. The maximum atomic E-state index is 13.5. The van der Waals surface area contributed by atoms with Crippen LogP contribution < -0.4 is 0 Å². The van der Waals surface area contributed by atoms with Crippen LogP contribution in [0.4, 0.5) is 4.39 Å². The zero-order chi connectivity index (χ0) is 12.4. The van der Waals surface area contributed by atoms with Gasteiger partial charge in [-0.25, -0.2) is 4.39 Å². The zero-order valence-electron chi connectivity index (χ0n) is 9.85. The molecule has 4 heteroatoms. The summed E-state index contributed by atoms with van der Waals surface area (Å²) in [6.45, 7) is 5.16. The molecule has 1 fully saturated rings. The molecule has 0 aromatic heterocycles. The summed E-state index contributed by atoms with van der Waals surface area (Å²) in [6.07, 6.45) is 2.51. The lowest BCUT2D eigenvalue weighted by Gasteiger charge is -2.31. The van der Waals surface area contributed by atoms with Gasteiger partial charge >= 0.3 is 0 Å². The molecule has 1 nitrogen and oxygen atoms in total. The lowest BCUT2D eigenvalue weighted by molar-refractivity contribution is 0.176. The molecule has 1 aliphatic heterocycles. The van der Waals surface area contributed by atoms with E-state index in [1.165, 1.54) is 18.9 Å². The van der Waals surface area contributed by atoms with Gasteiger partial charge in [-0.3, -0.25) is 4.90 Å². The van der Waals surface area contributed by atoms with E-state index in [1.807, 2.05) is 0 Å². The van der Waals surface area contributed by atoms with Crippen LogP contribution in [0.3, 0.4) is 0 Å². The predicted molar refractivity (Wildman–Crippen MR) is 72.8 cm³/mol. The summed E-state index contributed by atoms with van der Waals surface area (Å²) >= 11 is 9.28. The SMILES string of the molecule is CC1CCCN(Cc2cc(F)c(Br)cc2Cl)C1. The number of hydrogen-bond donors (Lipinski definition) is 0. The second-order valence-corrected chi connectivity index (χ2v) is 6.10. The third-order valence-electron chi connectivity index (χ3n) is 3.22. The van der Waals surface area contributed by atoms with Gasteiger partial charge in [0, 0.05) is 18.1 Å². The van der Waals surface area contributed by atoms with Crippen LogP contribution in [0.1, 0.15) is 25.3 Å². The monoisotopic (exact) mass is 319 g/mol. The third-order valence-corrected chi connectivity index (χ3v) is 4.18. The second-order valence-electron chi connectivity index (χ2n) is 4.84. The maximum Gasteiger partial charge on any atom is 0.137 e. The van der Waals surface area contributed by atoms with E-state index in [1.54, 1.807) is 6.07 Å². The van der Waals surface area contributed by atoms with Crippen molar-refractivity contribution in [1.82, 2.24) is 4.90 Å². The Hall–Kier alpha value is -0.120. The summed E-state index contributed by atoms with van der Waals surface area (Å²) in [5.74, 6) is 0.484. The number of benzene rings is 1. The Morgan fingerprint density at radius 1 is 1.53 bits per heavy atom. The van der Waals surface area contributed by atoms with Gasteiger partial charge in [0.15, 0.2) is 0 Å². The molecule has 1 unspecified atom stereocenters. The average Bonchev–Trinajstić information content (AvgIpc) is 2.26. The number of halogens is 3. The molecular formula is C13H16BrClFN. The quantitative estimate of drug-likeness (QED) is 0.727. The molecule has 1 aromatic carbocycles. The Kier molecular flexibility index (Phi) is 4.45. The van der Waals surface area contributed by atoms with Crippen LogP contribution in [0.25, 0.3) is 0 Å². The van der Waals surface area contributed by atoms with Gasteiger partial charge in [-0.05, 0) is 58.9 Å². The van der Waals surface area contributed by atoms with Crippen LogP contribution in [0, 0.1) is 11.7 Å². The molecule has 17 heavy (non-hydrogen) atoms. The topological polar surface area (TPSA) is 3.24 Å². The van der Waals surface area contributed by atoms with Crippen molar-refractivity contribution in [3.63, 3.8) is 0 Å². The van der Waals surface area contributed by atoms with Crippen molar-refractivity contribution in [1.29, 1.82) is 0 Å². The van der Waals surface area contributed by atoms with Crippen LogP contribution in [0.2, 0.25) is 5.02 Å². The van der Waals surface area contributed by atoms with Gasteiger partial charge in [0.05, 0.1) is 4.47 Å². The van der Waals surface area contributed by atoms with Crippen LogP contribution in [0.5, 0.6) is 0 Å². The molecule has 0 radical (unpaired) electrons. The number of hydrogen-bond acceptors (Lipinski definition) is 1. The molecule has 0 bridgehead atoms. The van der Waals surface area contributed by atoms with E-state index in [2.05, 4.69) is 27.8 Å². The second kappa shape index (κ2) is 5.68. The Morgan fingerprint density at radius 3 is 3.00 bits per heavy atom. The standard InChI is InChI=1S/C13H16BrClFN/c1-9-3-2-4-17(7-9)8-10-5-13(16)11(14)6-12(10)15/h5-6,9H,2-4,7-8H2,1H3. The Morgan fingerprint density at radius 2 is 2.29 bits per heavy atom. The van der Waals surface area contributed by atoms with Gasteiger partial charge in [0.25, 0.3) is 0 Å². The van der Waals surface area contributed by atoms with E-state index in [0.717, 1.165) is 31.1 Å². The molecule has 0 saturated carbocycles. The Labute approximate surface area is 115 Å². The van der Waals surface area contributed by atoms with E-state index in [-0.39, 0.29) is 5.82 Å². The van der Waals surface area contributed by atoms with Crippen LogP contribution >= 0.6 is 27.5 Å². The molecular weight excluding hydrogens is 305 g/mol. The fraction of sp³-hybridized carbons (Fsp3) is 0.538. The lowest BCUT2D eigenvalue weighted by atomic mass is 10.00. The predicted octanol–water partition coefficient (Wildman–Crippen LogP) is 4.47. The summed E-state index contributed by atoms with van der Waals surface area (Å²) in [6, 6.07) is 3.17. The lowest BCUT2D eigenvalue weighted by Crippen LogP contribution is -2.33. The van der Waals surface area contributed by atoms with Crippen molar-refractivity contribution in [2.45, 2.75) is 26.3 Å². The molecule has 1 atom stereocenters. The molecule has 0 amide bonds. The van der Waals surface area contributed by atoms with Gasteiger partial charge in [0.1, 0.15) is 5.82 Å². The normalized spacial score (nSPS) is 21.8. The molecule has 1 heterocycles. The summed E-state index contributed by atoms with van der Waals surface area (Å²) in [5, 5.41) is 0.636. The number of piperidine rings is 1. The van der Waals surface area contributed by atoms with Crippen molar-refractivity contribution in [3.05, 3.63) is 33.0 Å². The van der Waals surface area contributed by atoms with Crippen LogP contribution in [-0.2, 0) is 6.54 Å². The maximum absolute atomic E-state index is 13.5. The third kappa shape index (κ3) is 3.43. The summed E-state index contributed by atoms with van der Waals surface area (Å²) in [5.41, 5.74) is 0.876. The number of nitrogens with zero attached hydrogens (tertiary/aromatic N) is 1. The van der Waals surface area contributed by atoms with Gasteiger partial charge in [-0.2, -0.15) is 0 Å². The molecule has 94 valence electrons. The highest BCUT2D eigenvalue weighted by molar-refractivity contribution is 9.10. The fourth-order valence-electron chi connectivity index (χ4n) is 2.36. The highest BCUT2D eigenvalue weighted by atomic mass is 79.9. The zero-order valence-corrected chi connectivity index (χ0v) is 12.2. The number of likely N-dealkylation sites (tertiary alicyclic amines) is 1. The van der Waals surface area contributed by atoms with Gasteiger partial charge < -0.3 is 0 Å². The fourth-order valence-corrected chi connectivity index (χ4v) is 3.05. The van der Waals surface area contributed by atoms with E-state index in [0.29, 0.717) is 9.50 Å². The van der Waals surface area contributed by atoms with Gasteiger partial charge in [-0.15, -0.1) is 0 Å². The highest BCUT2D eigenvalue weighted by Gasteiger charge is 2.17. The van der Waals surface area contributed by atoms with Crippen molar-refractivity contribution >= 4 is 27.5 Å². The minimum Gasteiger partial charge on any atom is -0.299 e. The molecule has 0 aliphatic carbocycles. The van der Waals surface area contributed by atoms with E-state index >= 15 is 0 Å². The van der Waals surface area contributed by atoms with Crippen molar-refractivity contribution in [3.8, 4) is 0 Å². The van der Waals surface area contributed by atoms with E-state index in [4.69, 9.17) is 11.6 Å². The molecule has 2 rings (SSSR count). The number of rotatable bonds is 2. The smallest absolute Gasteiger partial charge is 0.137 e. The molecule has 1 aromatic rings. The van der Waals surface area contributed by atoms with Crippen molar-refractivity contribution in [2.24, 2.45) is 5.92 Å². The molecule has 0 spiro atoms. The first kappa shape index (κ1) is 13.3. The largest absolute Gasteiger partial charge is 0.299 e. The highest BCUT2D eigenvalue weighted by Crippen LogP contribution is 2.27. The Bertz CT molecular complexity index is 411. The molecule has 1 aliphatic rings. The van der Waals surface area contributed by atoms with Crippen molar-refractivity contribution < 1.29 is 4.39 Å². The summed E-state index contributed by atoms with van der Waals surface area (Å²) in [4.78, 5) is 2.35. The van der Waals surface area contributed by atoms with Crippen LogP contribution in [0.15, 0.2) is 16.6 Å². The van der Waals surface area contributed by atoms with E-state index in [9.17, 15) is 4.39 Å². The minimum atomic E-state index is -0.241. The van der Waals surface area contributed by atoms with Crippen molar-refractivity contribution in [2.75, 3.05) is 13.1 Å². The first-order valence-electron chi connectivity index (χ1n) is 5.92.